The van der Waals surface area contributed by atoms with Crippen molar-refractivity contribution in [2.45, 2.75) is 50.5 Å². The van der Waals surface area contributed by atoms with Gasteiger partial charge in [0.1, 0.15) is 6.29 Å². The van der Waals surface area contributed by atoms with Crippen LogP contribution in [0.1, 0.15) is 54.9 Å². The molecule has 0 amide bonds. The molecule has 2 aliphatic rings. The number of carbonyl (C=O) groups is 1. The van der Waals surface area contributed by atoms with Gasteiger partial charge in [-0.15, -0.1) is 0 Å². The number of aromatic amines is 1. The molecule has 1 N–H and O–H groups in total. The van der Waals surface area contributed by atoms with Crippen molar-refractivity contribution >= 4 is 46.5 Å². The molecule has 1 saturated heterocycles. The SMILES string of the molecule is CN1CCN(CCCN(c2nc3cc(Cl)c(Cl)cc3[nH]2)C2CCC(C)(c3cccc(C=O)c3)CC2)CC1. The Morgan fingerprint density at radius 2 is 1.84 bits per heavy atom. The smallest absolute Gasteiger partial charge is 0.204 e. The van der Waals surface area contributed by atoms with Crippen LogP contribution in [-0.4, -0.2) is 78.4 Å². The molecule has 0 unspecified atom stereocenters. The van der Waals surface area contributed by atoms with E-state index in [-0.39, 0.29) is 5.41 Å². The molecule has 0 atom stereocenters. The van der Waals surface area contributed by atoms with E-state index in [1.54, 1.807) is 0 Å². The number of carbonyl (C=O) groups excluding carboxylic acids is 1. The summed E-state index contributed by atoms with van der Waals surface area (Å²) in [6.45, 7) is 8.96. The largest absolute Gasteiger partial charge is 0.339 e. The van der Waals surface area contributed by atoms with Gasteiger partial charge in [0.15, 0.2) is 0 Å². The number of nitrogens with one attached hydrogen (secondary N) is 1. The van der Waals surface area contributed by atoms with Gasteiger partial charge in [0.25, 0.3) is 0 Å². The van der Waals surface area contributed by atoms with Crippen LogP contribution in [0.2, 0.25) is 10.0 Å². The Kier molecular flexibility index (Phi) is 8.10. The van der Waals surface area contributed by atoms with Crippen LogP contribution in [0.15, 0.2) is 36.4 Å². The molecule has 198 valence electrons. The minimum Gasteiger partial charge on any atom is -0.339 e. The van der Waals surface area contributed by atoms with Crippen molar-refractivity contribution in [3.8, 4) is 0 Å². The summed E-state index contributed by atoms with van der Waals surface area (Å²) in [6, 6.07) is 12.2. The van der Waals surface area contributed by atoms with E-state index >= 15 is 0 Å². The Balaban J connectivity index is 1.33. The van der Waals surface area contributed by atoms with Gasteiger partial charge in [-0.25, -0.2) is 4.98 Å². The monoisotopic (exact) mass is 541 g/mol. The Labute approximate surface area is 229 Å². The second-order valence-corrected chi connectivity index (χ2v) is 11.9. The molecule has 1 aliphatic heterocycles. The molecular formula is C29H37Cl2N5O. The number of aldehydes is 1. The Hall–Kier alpha value is -2.12. The number of piperazine rings is 1. The zero-order chi connectivity index (χ0) is 26.0. The summed E-state index contributed by atoms with van der Waals surface area (Å²) in [5.41, 5.74) is 3.87. The first-order chi connectivity index (χ1) is 17.8. The second kappa shape index (κ2) is 11.3. The van der Waals surface area contributed by atoms with Gasteiger partial charge in [0, 0.05) is 44.3 Å². The summed E-state index contributed by atoms with van der Waals surface area (Å²) in [5, 5.41) is 1.07. The number of nitrogens with zero attached hydrogens (tertiary/aromatic N) is 4. The zero-order valence-corrected chi connectivity index (χ0v) is 23.4. The highest BCUT2D eigenvalue weighted by Gasteiger charge is 2.35. The Morgan fingerprint density at radius 1 is 1.11 bits per heavy atom. The summed E-state index contributed by atoms with van der Waals surface area (Å²) in [6.07, 6.45) is 6.35. The van der Waals surface area contributed by atoms with Gasteiger partial charge in [-0.05, 0) is 74.9 Å². The molecule has 1 saturated carbocycles. The molecule has 0 spiro atoms. The van der Waals surface area contributed by atoms with Gasteiger partial charge < -0.3 is 19.7 Å². The minimum absolute atomic E-state index is 0.0793. The lowest BCUT2D eigenvalue weighted by molar-refractivity contribution is 0.112. The lowest BCUT2D eigenvalue weighted by Gasteiger charge is -2.42. The predicted molar refractivity (Wildman–Crippen MR) is 153 cm³/mol. The van der Waals surface area contributed by atoms with Crippen LogP contribution in [0, 0.1) is 0 Å². The molecule has 1 aromatic heterocycles. The maximum absolute atomic E-state index is 11.4. The maximum Gasteiger partial charge on any atom is 0.204 e. The topological polar surface area (TPSA) is 55.5 Å². The third-order valence-electron chi connectivity index (χ3n) is 8.47. The highest BCUT2D eigenvalue weighted by atomic mass is 35.5. The van der Waals surface area contributed by atoms with Gasteiger partial charge in [0.2, 0.25) is 5.95 Å². The van der Waals surface area contributed by atoms with Crippen LogP contribution in [0.5, 0.6) is 0 Å². The van der Waals surface area contributed by atoms with Crippen LogP contribution >= 0.6 is 23.2 Å². The van der Waals surface area contributed by atoms with Gasteiger partial charge in [-0.1, -0.05) is 48.3 Å². The molecule has 0 bridgehead atoms. The molecular weight excluding hydrogens is 505 g/mol. The van der Waals surface area contributed by atoms with Crippen LogP contribution in [0.3, 0.4) is 0 Å². The number of hydrogen-bond acceptors (Lipinski definition) is 5. The van der Waals surface area contributed by atoms with Crippen molar-refractivity contribution in [2.75, 3.05) is 51.2 Å². The zero-order valence-electron chi connectivity index (χ0n) is 21.9. The molecule has 37 heavy (non-hydrogen) atoms. The normalized spacial score (nSPS) is 23.4. The predicted octanol–water partition coefficient (Wildman–Crippen LogP) is 6.03. The number of hydrogen-bond donors (Lipinski definition) is 1. The Morgan fingerprint density at radius 3 is 2.57 bits per heavy atom. The van der Waals surface area contributed by atoms with Crippen molar-refractivity contribution in [1.82, 2.24) is 19.8 Å². The molecule has 1 aliphatic carbocycles. The fraction of sp³-hybridized carbons (Fsp3) is 0.517. The van der Waals surface area contributed by atoms with Crippen molar-refractivity contribution < 1.29 is 4.79 Å². The number of benzene rings is 2. The summed E-state index contributed by atoms with van der Waals surface area (Å²) in [4.78, 5) is 27.3. The van der Waals surface area contributed by atoms with E-state index in [9.17, 15) is 4.79 Å². The highest BCUT2D eigenvalue weighted by Crippen LogP contribution is 2.41. The number of rotatable bonds is 8. The molecule has 2 aromatic carbocycles. The van der Waals surface area contributed by atoms with E-state index in [2.05, 4.69) is 45.8 Å². The molecule has 5 rings (SSSR count). The number of anilines is 1. The fourth-order valence-electron chi connectivity index (χ4n) is 5.95. The van der Waals surface area contributed by atoms with Crippen LogP contribution in [0.4, 0.5) is 5.95 Å². The standard InChI is InChI=1S/C29H37Cl2N5O/c1-29(22-6-3-5-21(17-22)20-37)9-7-23(8-10-29)36(12-4-11-35-15-13-34(2)14-16-35)28-32-26-18-24(30)25(31)19-27(26)33-28/h3,5-6,17-20,23H,4,7-16H2,1-2H3,(H,32,33). The van der Waals surface area contributed by atoms with Gasteiger partial charge in [-0.3, -0.25) is 4.79 Å². The number of fused-ring (bicyclic) bond motifs is 1. The van der Waals surface area contributed by atoms with E-state index in [0.717, 1.165) is 100 Å². The van der Waals surface area contributed by atoms with E-state index in [1.165, 1.54) is 5.56 Å². The third-order valence-corrected chi connectivity index (χ3v) is 9.19. The van der Waals surface area contributed by atoms with E-state index in [0.29, 0.717) is 16.1 Å². The summed E-state index contributed by atoms with van der Waals surface area (Å²) < 4.78 is 0. The van der Waals surface area contributed by atoms with Crippen LogP contribution in [-0.2, 0) is 5.41 Å². The molecule has 0 radical (unpaired) electrons. The molecule has 2 heterocycles. The van der Waals surface area contributed by atoms with Crippen LogP contribution in [0.25, 0.3) is 11.0 Å². The average molecular weight is 543 g/mol. The van der Waals surface area contributed by atoms with Crippen LogP contribution < -0.4 is 4.90 Å². The summed E-state index contributed by atoms with van der Waals surface area (Å²) in [5.74, 6) is 0.906. The van der Waals surface area contributed by atoms with Gasteiger partial charge >= 0.3 is 0 Å². The third kappa shape index (κ3) is 5.98. The number of aromatic nitrogens is 2. The Bertz CT molecular complexity index is 1190. The van der Waals surface area contributed by atoms with Crippen molar-refractivity contribution in [3.05, 3.63) is 57.6 Å². The maximum atomic E-state index is 11.4. The molecule has 3 aromatic rings. The lowest BCUT2D eigenvalue weighted by Crippen LogP contribution is -2.46. The fourth-order valence-corrected chi connectivity index (χ4v) is 6.27. The van der Waals surface area contributed by atoms with E-state index in [1.807, 2.05) is 24.3 Å². The molecule has 8 heteroatoms. The number of imidazole rings is 1. The number of likely N-dealkylation sites (N-methyl/N-ethyl adjacent to an activating group) is 1. The molecule has 2 fully saturated rings. The van der Waals surface area contributed by atoms with Gasteiger partial charge in [-0.2, -0.15) is 0 Å². The molecule has 6 nitrogen and oxygen atoms in total. The van der Waals surface area contributed by atoms with Gasteiger partial charge in [0.05, 0.1) is 21.1 Å². The van der Waals surface area contributed by atoms with Crippen molar-refractivity contribution in [3.63, 3.8) is 0 Å². The lowest BCUT2D eigenvalue weighted by atomic mass is 9.69. The average Bonchev–Trinajstić information content (AvgIpc) is 3.31. The number of H-pyrrole nitrogens is 1. The highest BCUT2D eigenvalue weighted by molar-refractivity contribution is 6.42. The summed E-state index contributed by atoms with van der Waals surface area (Å²) in [7, 11) is 2.20. The second-order valence-electron chi connectivity index (χ2n) is 11.1. The quantitative estimate of drug-likeness (QED) is 0.353. The van der Waals surface area contributed by atoms with E-state index < -0.39 is 0 Å². The first-order valence-corrected chi connectivity index (χ1v) is 14.2. The number of halogens is 2. The van der Waals surface area contributed by atoms with Crippen molar-refractivity contribution in [2.24, 2.45) is 0 Å². The first kappa shape index (κ1) is 26.5. The van der Waals surface area contributed by atoms with Crippen molar-refractivity contribution in [1.29, 1.82) is 0 Å². The minimum atomic E-state index is 0.0793. The summed E-state index contributed by atoms with van der Waals surface area (Å²) >= 11 is 12.6. The first-order valence-electron chi connectivity index (χ1n) is 13.4. The van der Waals surface area contributed by atoms with E-state index in [4.69, 9.17) is 28.2 Å².